The second-order valence-electron chi connectivity index (χ2n) is 6.30. The van der Waals surface area contributed by atoms with Gasteiger partial charge in [-0.2, -0.15) is 0 Å². The highest BCUT2D eigenvalue weighted by Crippen LogP contribution is 2.33. The minimum absolute atomic E-state index is 0.0978. The van der Waals surface area contributed by atoms with Crippen LogP contribution < -0.4 is 0 Å². The Kier molecular flexibility index (Phi) is 5.39. The fourth-order valence-electron chi connectivity index (χ4n) is 3.33. The molecule has 0 aromatic heterocycles. The number of aromatic carboxylic acids is 1. The maximum Gasteiger partial charge on any atom is 0.335 e. The van der Waals surface area contributed by atoms with Gasteiger partial charge in [0.25, 0.3) is 0 Å². The van der Waals surface area contributed by atoms with Crippen molar-refractivity contribution < 1.29 is 14.7 Å². The number of carboxylic acids is 1. The van der Waals surface area contributed by atoms with Crippen molar-refractivity contribution in [1.82, 2.24) is 4.90 Å². The monoisotopic (exact) mass is 357 g/mol. The predicted octanol–water partition coefficient (Wildman–Crippen LogP) is 4.33. The van der Waals surface area contributed by atoms with Gasteiger partial charge in [0.05, 0.1) is 11.6 Å². The molecule has 2 aromatic rings. The van der Waals surface area contributed by atoms with Crippen LogP contribution in [0.4, 0.5) is 0 Å². The molecule has 1 heterocycles. The highest BCUT2D eigenvalue weighted by molar-refractivity contribution is 6.30. The van der Waals surface area contributed by atoms with E-state index in [1.807, 2.05) is 29.2 Å². The van der Waals surface area contributed by atoms with Gasteiger partial charge >= 0.3 is 5.97 Å². The first kappa shape index (κ1) is 17.5. The van der Waals surface area contributed by atoms with Gasteiger partial charge in [-0.3, -0.25) is 4.79 Å². The van der Waals surface area contributed by atoms with E-state index in [0.717, 1.165) is 30.5 Å². The molecule has 1 aliphatic heterocycles. The molecule has 5 heteroatoms. The highest BCUT2D eigenvalue weighted by Gasteiger charge is 2.29. The molecule has 3 rings (SSSR count). The van der Waals surface area contributed by atoms with Crippen LogP contribution in [0, 0.1) is 0 Å². The molecule has 1 aliphatic rings. The summed E-state index contributed by atoms with van der Waals surface area (Å²) < 4.78 is 0. The second-order valence-corrected chi connectivity index (χ2v) is 6.74. The number of carbonyl (C=O) groups is 2. The molecule has 4 nitrogen and oxygen atoms in total. The Labute approximate surface area is 152 Å². The third-order valence-electron chi connectivity index (χ3n) is 4.64. The topological polar surface area (TPSA) is 57.6 Å². The Hall–Kier alpha value is -2.33. The van der Waals surface area contributed by atoms with Crippen LogP contribution in [0.1, 0.15) is 46.8 Å². The molecule has 1 atom stereocenters. The fourth-order valence-corrected chi connectivity index (χ4v) is 3.53. The summed E-state index contributed by atoms with van der Waals surface area (Å²) in [5.74, 6) is -0.811. The van der Waals surface area contributed by atoms with Crippen molar-refractivity contribution >= 4 is 23.5 Å². The van der Waals surface area contributed by atoms with Gasteiger partial charge in [0.1, 0.15) is 0 Å². The van der Waals surface area contributed by atoms with Crippen molar-refractivity contribution in [3.63, 3.8) is 0 Å². The van der Waals surface area contributed by atoms with Crippen LogP contribution in [0.25, 0.3) is 0 Å². The number of nitrogens with zero attached hydrogens (tertiary/aromatic N) is 1. The lowest BCUT2D eigenvalue weighted by Crippen LogP contribution is -2.30. The molecule has 0 bridgehead atoms. The number of aryl methyl sites for hydroxylation is 1. The number of halogens is 1. The first-order valence-electron chi connectivity index (χ1n) is 8.42. The van der Waals surface area contributed by atoms with Gasteiger partial charge in [-0.05, 0) is 54.7 Å². The van der Waals surface area contributed by atoms with E-state index in [4.69, 9.17) is 16.7 Å². The minimum atomic E-state index is -0.941. The van der Waals surface area contributed by atoms with Crippen molar-refractivity contribution in [2.75, 3.05) is 6.54 Å². The van der Waals surface area contributed by atoms with Gasteiger partial charge in [-0.15, -0.1) is 0 Å². The Morgan fingerprint density at radius 1 is 1.16 bits per heavy atom. The van der Waals surface area contributed by atoms with E-state index in [1.54, 1.807) is 24.3 Å². The molecule has 1 fully saturated rings. The van der Waals surface area contributed by atoms with Crippen molar-refractivity contribution in [2.24, 2.45) is 0 Å². The molecule has 1 N–H and O–H groups in total. The van der Waals surface area contributed by atoms with Crippen LogP contribution in [0.5, 0.6) is 0 Å². The SMILES string of the molecule is O=C(O)c1ccc(CCC(=O)N2CCCC2c2cccc(Cl)c2)cc1. The summed E-state index contributed by atoms with van der Waals surface area (Å²) in [5.41, 5.74) is 2.32. The average molecular weight is 358 g/mol. The average Bonchev–Trinajstić information content (AvgIpc) is 3.10. The van der Waals surface area contributed by atoms with Gasteiger partial charge in [-0.1, -0.05) is 35.9 Å². The Balaban J connectivity index is 1.63. The zero-order chi connectivity index (χ0) is 17.8. The summed E-state index contributed by atoms with van der Waals surface area (Å²) in [7, 11) is 0. The summed E-state index contributed by atoms with van der Waals surface area (Å²) in [4.78, 5) is 25.5. The number of benzene rings is 2. The van der Waals surface area contributed by atoms with Gasteiger partial charge < -0.3 is 10.0 Å². The third-order valence-corrected chi connectivity index (χ3v) is 4.87. The minimum Gasteiger partial charge on any atom is -0.478 e. The van der Waals surface area contributed by atoms with Crippen LogP contribution in [0.2, 0.25) is 5.02 Å². The molecule has 1 unspecified atom stereocenters. The molecule has 2 aromatic carbocycles. The number of hydrogen-bond donors (Lipinski definition) is 1. The lowest BCUT2D eigenvalue weighted by molar-refractivity contribution is -0.132. The molecular formula is C20H20ClNO3. The maximum absolute atomic E-state index is 12.7. The zero-order valence-electron chi connectivity index (χ0n) is 13.8. The summed E-state index contributed by atoms with van der Waals surface area (Å²) in [5, 5.41) is 9.61. The smallest absolute Gasteiger partial charge is 0.335 e. The predicted molar refractivity (Wildman–Crippen MR) is 96.9 cm³/mol. The van der Waals surface area contributed by atoms with Gasteiger partial charge in [0.2, 0.25) is 5.91 Å². The lowest BCUT2D eigenvalue weighted by Gasteiger charge is -2.25. The van der Waals surface area contributed by atoms with Crippen LogP contribution in [0.15, 0.2) is 48.5 Å². The first-order chi connectivity index (χ1) is 12.0. The van der Waals surface area contributed by atoms with Gasteiger partial charge in [-0.25, -0.2) is 4.79 Å². The zero-order valence-corrected chi connectivity index (χ0v) is 14.6. The van der Waals surface area contributed by atoms with Crippen LogP contribution in [-0.4, -0.2) is 28.4 Å². The Morgan fingerprint density at radius 3 is 2.60 bits per heavy atom. The Bertz CT molecular complexity index is 773. The van der Waals surface area contributed by atoms with E-state index in [1.165, 1.54) is 0 Å². The lowest BCUT2D eigenvalue weighted by atomic mass is 10.0. The number of rotatable bonds is 5. The quantitative estimate of drug-likeness (QED) is 0.866. The normalized spacial score (nSPS) is 16.8. The fraction of sp³-hybridized carbons (Fsp3) is 0.300. The number of hydrogen-bond acceptors (Lipinski definition) is 2. The summed E-state index contributed by atoms with van der Waals surface area (Å²) in [6, 6.07) is 14.5. The van der Waals surface area contributed by atoms with Crippen LogP contribution >= 0.6 is 11.6 Å². The van der Waals surface area contributed by atoms with Crippen LogP contribution in [0.3, 0.4) is 0 Å². The second kappa shape index (κ2) is 7.70. The molecule has 1 saturated heterocycles. The standard InChI is InChI=1S/C20H20ClNO3/c21-17-4-1-3-16(13-17)18-5-2-12-22(18)19(23)11-8-14-6-9-15(10-7-14)20(24)25/h1,3-4,6-7,9-10,13,18H,2,5,8,11-12H2,(H,24,25). The maximum atomic E-state index is 12.7. The van der Waals surface area contributed by atoms with Crippen molar-refractivity contribution in [1.29, 1.82) is 0 Å². The van der Waals surface area contributed by atoms with E-state index < -0.39 is 5.97 Å². The highest BCUT2D eigenvalue weighted by atomic mass is 35.5. The molecule has 130 valence electrons. The summed E-state index contributed by atoms with van der Waals surface area (Å²) in [6.45, 7) is 0.772. The molecular weight excluding hydrogens is 338 g/mol. The molecule has 0 saturated carbocycles. The van der Waals surface area contributed by atoms with E-state index in [9.17, 15) is 9.59 Å². The third kappa shape index (κ3) is 4.20. The van der Waals surface area contributed by atoms with E-state index >= 15 is 0 Å². The number of amides is 1. The first-order valence-corrected chi connectivity index (χ1v) is 8.79. The summed E-state index contributed by atoms with van der Waals surface area (Å²) >= 11 is 6.08. The van der Waals surface area contributed by atoms with Gasteiger partial charge in [0.15, 0.2) is 0 Å². The molecule has 0 radical (unpaired) electrons. The number of likely N-dealkylation sites (tertiary alicyclic amines) is 1. The summed E-state index contributed by atoms with van der Waals surface area (Å²) in [6.07, 6.45) is 2.98. The van der Waals surface area contributed by atoms with Crippen LogP contribution in [-0.2, 0) is 11.2 Å². The van der Waals surface area contributed by atoms with E-state index in [-0.39, 0.29) is 17.5 Å². The number of carboxylic acid groups (broad SMARTS) is 1. The van der Waals surface area contributed by atoms with Crippen molar-refractivity contribution in [3.8, 4) is 0 Å². The molecule has 0 aliphatic carbocycles. The number of carbonyl (C=O) groups excluding carboxylic acids is 1. The van der Waals surface area contributed by atoms with E-state index in [0.29, 0.717) is 17.9 Å². The largest absolute Gasteiger partial charge is 0.478 e. The molecule has 1 amide bonds. The Morgan fingerprint density at radius 2 is 1.92 bits per heavy atom. The van der Waals surface area contributed by atoms with Gasteiger partial charge in [0, 0.05) is 18.0 Å². The van der Waals surface area contributed by atoms with Crippen molar-refractivity contribution in [3.05, 3.63) is 70.2 Å². The van der Waals surface area contributed by atoms with Crippen molar-refractivity contribution in [2.45, 2.75) is 31.7 Å². The van der Waals surface area contributed by atoms with E-state index in [2.05, 4.69) is 0 Å². The molecule has 25 heavy (non-hydrogen) atoms. The molecule has 0 spiro atoms.